The molecule has 0 radical (unpaired) electrons. The first-order valence-corrected chi connectivity index (χ1v) is 64.8. The fourth-order valence-corrected chi connectivity index (χ4v) is 24.7. The number of unbranched alkanes of at least 4 members (excludes halogenated alkanes) is 104. The molecule has 0 N–H and O–H groups in total. The van der Waals surface area contributed by atoms with Crippen LogP contribution in [0.25, 0.3) is 0 Å². The highest BCUT2D eigenvalue weighted by Crippen LogP contribution is 2.42. The van der Waals surface area contributed by atoms with E-state index in [0.29, 0.717) is 4.75 Å². The summed E-state index contributed by atoms with van der Waals surface area (Å²) in [4.78, 5) is 0. The molecule has 0 aromatic carbocycles. The van der Waals surface area contributed by atoms with Gasteiger partial charge in [0.2, 0.25) is 0 Å². The Bertz CT molecular complexity index is 1770. The molecule has 0 aliphatic rings. The topological polar surface area (TPSA) is 0 Å². The molecule has 0 bridgehead atoms. The maximum absolute atomic E-state index is 2.54. The van der Waals surface area contributed by atoms with Crippen molar-refractivity contribution < 1.29 is 0 Å². The smallest absolute Gasteiger partial charge is 0.0160 e. The van der Waals surface area contributed by atoms with Gasteiger partial charge in [0.1, 0.15) is 0 Å². The van der Waals surface area contributed by atoms with Crippen LogP contribution in [0.5, 0.6) is 0 Å². The molecular formula is C123H248S3. The minimum atomic E-state index is 0.553. The zero-order valence-electron chi connectivity index (χ0n) is 89.2. The Labute approximate surface area is 816 Å². The Morgan fingerprint density at radius 1 is 0.0952 bits per heavy atom. The van der Waals surface area contributed by atoms with Gasteiger partial charge in [0.15, 0.2) is 0 Å². The third-order valence-electron chi connectivity index (χ3n) is 30.0. The summed E-state index contributed by atoms with van der Waals surface area (Å²) in [6.45, 7) is 9.33. The average molecular weight is 1820 g/mol. The van der Waals surface area contributed by atoms with E-state index in [0.717, 1.165) is 0 Å². The monoisotopic (exact) mass is 1820 g/mol. The third kappa shape index (κ3) is 114. The van der Waals surface area contributed by atoms with Gasteiger partial charge in [-0.15, -0.1) is 0 Å². The number of hydrogen-bond donors (Lipinski definition) is 0. The number of hydrogen-bond acceptors (Lipinski definition) is 3. The summed E-state index contributed by atoms with van der Waals surface area (Å²) in [5.74, 6) is 7.09. The molecule has 0 fully saturated rings. The quantitative estimate of drug-likeness (QED) is 0.0557. The van der Waals surface area contributed by atoms with E-state index >= 15 is 0 Å². The Morgan fingerprint density at radius 2 is 0.183 bits per heavy atom. The lowest BCUT2D eigenvalue weighted by molar-refractivity contribution is 0.401. The van der Waals surface area contributed by atoms with E-state index in [1.165, 1.54) is 754 Å². The molecule has 0 aliphatic heterocycles. The van der Waals surface area contributed by atoms with E-state index in [4.69, 9.17) is 0 Å². The highest BCUT2D eigenvalue weighted by atomic mass is 32.2. The molecule has 0 saturated carbocycles. The van der Waals surface area contributed by atoms with Crippen molar-refractivity contribution >= 4 is 35.3 Å². The lowest BCUT2D eigenvalue weighted by Gasteiger charge is -2.34. The Kier molecular flexibility index (Phi) is 121. The van der Waals surface area contributed by atoms with Crippen LogP contribution >= 0.6 is 35.3 Å². The van der Waals surface area contributed by atoms with Crippen LogP contribution in [-0.4, -0.2) is 33.5 Å². The molecule has 0 nitrogen and oxygen atoms in total. The minimum Gasteiger partial charge on any atom is -0.162 e. The van der Waals surface area contributed by atoms with Crippen molar-refractivity contribution in [2.75, 3.05) is 28.8 Å². The molecule has 1 atom stereocenters. The summed E-state index contributed by atoms with van der Waals surface area (Å²) in [5.41, 5.74) is 0. The molecule has 0 rings (SSSR count). The third-order valence-corrected chi connectivity index (χ3v) is 34.0. The molecule has 0 spiro atoms. The van der Waals surface area contributed by atoms with Gasteiger partial charge in [-0.2, -0.15) is 35.3 Å². The van der Waals surface area contributed by atoms with E-state index in [1.807, 2.05) is 0 Å². The van der Waals surface area contributed by atoms with Gasteiger partial charge in [0.25, 0.3) is 0 Å². The van der Waals surface area contributed by atoms with Crippen LogP contribution in [0, 0.1) is 0 Å². The second kappa shape index (κ2) is 120. The van der Waals surface area contributed by atoms with Gasteiger partial charge >= 0.3 is 0 Å². The summed E-state index contributed by atoms with van der Waals surface area (Å²) in [5, 5.41) is 0. The highest BCUT2D eigenvalue weighted by molar-refractivity contribution is 8.00. The molecular weight excluding hydrogens is 1570 g/mol. The second-order valence-electron chi connectivity index (χ2n) is 43.0. The van der Waals surface area contributed by atoms with Gasteiger partial charge in [0, 0.05) is 4.75 Å². The van der Waals surface area contributed by atoms with E-state index in [9.17, 15) is 0 Å². The predicted octanol–water partition coefficient (Wildman–Crippen LogP) is 48.1. The molecule has 0 aromatic heterocycles. The molecule has 0 aliphatic carbocycles. The first-order chi connectivity index (χ1) is 62.7. The second-order valence-corrected chi connectivity index (χ2v) is 47.0. The summed E-state index contributed by atoms with van der Waals surface area (Å²) in [6.07, 6.45) is 168. The highest BCUT2D eigenvalue weighted by Gasteiger charge is 2.29. The summed E-state index contributed by atoms with van der Waals surface area (Å²) < 4.78 is 0.553. The van der Waals surface area contributed by atoms with Crippen LogP contribution < -0.4 is 0 Å². The molecule has 126 heavy (non-hydrogen) atoms. The zero-order chi connectivity index (χ0) is 90.1. The van der Waals surface area contributed by atoms with Crippen LogP contribution in [0.1, 0.15) is 753 Å². The van der Waals surface area contributed by atoms with Crippen molar-refractivity contribution in [1.29, 1.82) is 0 Å². The fourth-order valence-electron chi connectivity index (χ4n) is 21.0. The van der Waals surface area contributed by atoms with E-state index < -0.39 is 0 Å². The maximum Gasteiger partial charge on any atom is 0.0160 e. The van der Waals surface area contributed by atoms with Gasteiger partial charge in [-0.25, -0.2) is 0 Å². The summed E-state index contributed by atoms with van der Waals surface area (Å²) >= 11 is 7.02. The molecule has 1 unspecified atom stereocenters. The van der Waals surface area contributed by atoms with Crippen molar-refractivity contribution in [2.45, 2.75) is 758 Å². The number of rotatable bonds is 121. The summed E-state index contributed by atoms with van der Waals surface area (Å²) in [6, 6.07) is 0. The van der Waals surface area contributed by atoms with E-state index in [1.54, 1.807) is 0 Å². The van der Waals surface area contributed by atoms with Gasteiger partial charge in [-0.05, 0) is 80.1 Å². The largest absolute Gasteiger partial charge is 0.162 e. The zero-order valence-corrected chi connectivity index (χ0v) is 91.6. The minimum absolute atomic E-state index is 0.553. The van der Waals surface area contributed by atoms with E-state index in [2.05, 4.69) is 63.0 Å². The van der Waals surface area contributed by atoms with Gasteiger partial charge in [-0.3, -0.25) is 0 Å². The molecule has 0 amide bonds. The van der Waals surface area contributed by atoms with E-state index in [-0.39, 0.29) is 0 Å². The molecule has 758 valence electrons. The van der Waals surface area contributed by atoms with Crippen LogP contribution in [0.15, 0.2) is 0 Å². The maximum atomic E-state index is 2.54. The van der Waals surface area contributed by atoms with Crippen molar-refractivity contribution in [3.8, 4) is 0 Å². The standard InChI is InChI=1S/C123H248S3/c1-5-9-13-17-21-25-29-31-32-33-34-35-36-41-46-51-56-61-66-71-76-83-91-99-107-115-123(126-122-114-106-98-90-82-30-26-22-18-14-10-6-2,116-108-100-92-84-77-72-67-62-57-52-47-42-37-39-44-49-54-59-64-69-74-80-88-96-104-112-120-124-118-110-102-94-86-28-24-20-16-12-8-4)117-109-101-93-85-78-73-68-63-58-53-48-43-38-40-45-50-55-60-65-70-75-81-89-97-105-113-121-125-119-111-103-95-87-79-27-23-19-15-11-7-3/h5-122H2,1-4H3. The molecule has 0 saturated heterocycles. The fraction of sp³-hybridized carbons (Fsp3) is 1.00. The van der Waals surface area contributed by atoms with Gasteiger partial charge < -0.3 is 0 Å². The average Bonchev–Trinajstić information content (AvgIpc) is 0.868. The Hall–Kier alpha value is 1.05. The van der Waals surface area contributed by atoms with Gasteiger partial charge in [0.05, 0.1) is 0 Å². The Morgan fingerprint density at radius 3 is 0.294 bits per heavy atom. The van der Waals surface area contributed by atoms with Crippen molar-refractivity contribution in [3.05, 3.63) is 0 Å². The predicted molar refractivity (Wildman–Crippen MR) is 594 cm³/mol. The van der Waals surface area contributed by atoms with Crippen molar-refractivity contribution in [1.82, 2.24) is 0 Å². The SMILES string of the molecule is CCCCCCCCCCCCCCCCCCCCCCCCCCCC(CCCCCCCCCCCCCCCCCCCCCCCCCCCCSCCCCCCCCCCCC)(CCCCCCCCCCCCCCCCCCCCCCCCCCCCSCCCCCCCCCCCCC)SCCCCCCCCCCCCCC. The first-order valence-electron chi connectivity index (χ1n) is 61.5. The lowest BCUT2D eigenvalue weighted by Crippen LogP contribution is -2.26. The van der Waals surface area contributed by atoms with Crippen LogP contribution in [0.4, 0.5) is 0 Å². The number of thioether (sulfide) groups is 3. The Balaban J connectivity index is 4.67. The van der Waals surface area contributed by atoms with Crippen molar-refractivity contribution in [3.63, 3.8) is 0 Å². The summed E-state index contributed by atoms with van der Waals surface area (Å²) in [7, 11) is 0. The first kappa shape index (κ1) is 127. The van der Waals surface area contributed by atoms with Crippen LogP contribution in [0.2, 0.25) is 0 Å². The van der Waals surface area contributed by atoms with Crippen molar-refractivity contribution in [2.24, 2.45) is 0 Å². The van der Waals surface area contributed by atoms with Gasteiger partial charge in [-0.1, -0.05) is 702 Å². The molecule has 0 aromatic rings. The molecule has 0 heterocycles. The molecule has 3 heteroatoms. The normalized spacial score (nSPS) is 12.4. The van der Waals surface area contributed by atoms with Crippen LogP contribution in [-0.2, 0) is 0 Å². The van der Waals surface area contributed by atoms with Crippen LogP contribution in [0.3, 0.4) is 0 Å². The lowest BCUT2D eigenvalue weighted by atomic mass is 9.88.